The number of nitrogens with zero attached hydrogens (tertiary/aromatic N) is 2. The zero-order valence-electron chi connectivity index (χ0n) is 14.9. The van der Waals surface area contributed by atoms with Crippen molar-refractivity contribution in [1.29, 1.82) is 0 Å². The van der Waals surface area contributed by atoms with Crippen molar-refractivity contribution in [1.82, 2.24) is 15.3 Å². The number of carbonyl (C=O) groups excluding carboxylic acids is 2. The molecule has 0 bridgehead atoms. The summed E-state index contributed by atoms with van der Waals surface area (Å²) >= 11 is 1.43. The van der Waals surface area contributed by atoms with Crippen molar-refractivity contribution in [2.45, 2.75) is 33.1 Å². The van der Waals surface area contributed by atoms with Gasteiger partial charge < -0.3 is 5.32 Å². The Morgan fingerprint density at radius 1 is 1.19 bits per heavy atom. The van der Waals surface area contributed by atoms with Crippen molar-refractivity contribution < 1.29 is 9.59 Å². The number of amides is 1. The fourth-order valence-electron chi connectivity index (χ4n) is 2.81. The summed E-state index contributed by atoms with van der Waals surface area (Å²) in [6.45, 7) is 4.43. The molecule has 2 heterocycles. The summed E-state index contributed by atoms with van der Waals surface area (Å²) in [6, 6.07) is 7.65. The lowest BCUT2D eigenvalue weighted by Crippen LogP contribution is -2.22. The topological polar surface area (TPSA) is 72.0 Å². The molecule has 0 atom stereocenters. The molecule has 0 saturated carbocycles. The lowest BCUT2D eigenvalue weighted by molar-refractivity contribution is -0.118. The molecule has 1 amide bonds. The fourth-order valence-corrected chi connectivity index (χ4v) is 3.90. The number of nitrogens with one attached hydrogen (secondary N) is 1. The van der Waals surface area contributed by atoms with Gasteiger partial charge in [-0.1, -0.05) is 13.0 Å². The number of fused-ring (bicyclic) bond motifs is 1. The average molecular weight is 367 g/mol. The van der Waals surface area contributed by atoms with E-state index in [4.69, 9.17) is 0 Å². The Balaban J connectivity index is 2.09. The maximum absolute atomic E-state index is 12.6. The maximum Gasteiger partial charge on any atom is 0.252 e. The second-order valence-electron chi connectivity index (χ2n) is 6.05. The SMILES string of the molecule is CCCC(=O)Cc1nc2cc(-c3cccnc3)cc(C(=O)NCC)c2s1. The molecule has 3 aromatic rings. The van der Waals surface area contributed by atoms with Crippen LogP contribution in [0.15, 0.2) is 36.7 Å². The third kappa shape index (κ3) is 3.96. The number of hydrogen-bond donors (Lipinski definition) is 1. The van der Waals surface area contributed by atoms with Crippen LogP contribution in [0.5, 0.6) is 0 Å². The number of rotatable bonds is 7. The van der Waals surface area contributed by atoms with Crippen molar-refractivity contribution in [2.24, 2.45) is 0 Å². The highest BCUT2D eigenvalue weighted by Gasteiger charge is 2.17. The van der Waals surface area contributed by atoms with Crippen LogP contribution in [0, 0.1) is 0 Å². The van der Waals surface area contributed by atoms with Crippen LogP contribution in [0.4, 0.5) is 0 Å². The molecule has 26 heavy (non-hydrogen) atoms. The van der Waals surface area contributed by atoms with Crippen molar-refractivity contribution in [3.63, 3.8) is 0 Å². The number of pyridine rings is 1. The van der Waals surface area contributed by atoms with Gasteiger partial charge in [0.2, 0.25) is 0 Å². The van der Waals surface area contributed by atoms with E-state index in [1.54, 1.807) is 12.4 Å². The first-order valence-electron chi connectivity index (χ1n) is 8.76. The van der Waals surface area contributed by atoms with Gasteiger partial charge in [0.05, 0.1) is 22.2 Å². The van der Waals surface area contributed by atoms with Crippen LogP contribution in [0.3, 0.4) is 0 Å². The van der Waals surface area contributed by atoms with Crippen molar-refractivity contribution in [3.8, 4) is 11.1 Å². The first kappa shape index (κ1) is 18.2. The Morgan fingerprint density at radius 2 is 2.04 bits per heavy atom. The third-order valence-corrected chi connectivity index (χ3v) is 5.09. The van der Waals surface area contributed by atoms with Crippen molar-refractivity contribution in [3.05, 3.63) is 47.2 Å². The summed E-state index contributed by atoms with van der Waals surface area (Å²) < 4.78 is 0.822. The fraction of sp³-hybridized carbons (Fsp3) is 0.300. The van der Waals surface area contributed by atoms with E-state index in [1.165, 1.54) is 11.3 Å². The Morgan fingerprint density at radius 3 is 2.73 bits per heavy atom. The van der Waals surface area contributed by atoms with Gasteiger partial charge in [0.25, 0.3) is 5.91 Å². The molecule has 6 heteroatoms. The number of ketones is 1. The Hall–Kier alpha value is -2.60. The molecule has 1 aromatic carbocycles. The van der Waals surface area contributed by atoms with E-state index in [9.17, 15) is 9.59 Å². The van der Waals surface area contributed by atoms with E-state index in [-0.39, 0.29) is 11.7 Å². The first-order valence-corrected chi connectivity index (χ1v) is 9.57. The molecule has 0 radical (unpaired) electrons. The van der Waals surface area contributed by atoms with Gasteiger partial charge in [-0.25, -0.2) is 4.98 Å². The molecule has 5 nitrogen and oxygen atoms in total. The van der Waals surface area contributed by atoms with Gasteiger partial charge in [-0.2, -0.15) is 0 Å². The molecule has 0 spiro atoms. The number of Topliss-reactive ketones (excluding diaryl/α,β-unsaturated/α-hetero) is 1. The second-order valence-corrected chi connectivity index (χ2v) is 7.13. The summed E-state index contributed by atoms with van der Waals surface area (Å²) in [5.41, 5.74) is 3.16. The molecule has 0 saturated heterocycles. The molecule has 0 aliphatic carbocycles. The minimum atomic E-state index is -0.127. The Labute approximate surface area is 156 Å². The Kier molecular flexibility index (Phi) is 5.73. The molecule has 1 N–H and O–H groups in total. The average Bonchev–Trinajstić information content (AvgIpc) is 3.04. The monoisotopic (exact) mass is 367 g/mol. The standard InChI is InChI=1S/C20H21N3O2S/c1-3-6-15(24)11-18-23-17-10-14(13-7-5-8-21-12-13)9-16(19(17)26-18)20(25)22-4-2/h5,7-10,12H,3-4,6,11H2,1-2H3,(H,22,25). The van der Waals surface area contributed by atoms with Gasteiger partial charge in [-0.3, -0.25) is 14.6 Å². The lowest BCUT2D eigenvalue weighted by atomic mass is 10.0. The number of carbonyl (C=O) groups is 2. The minimum Gasteiger partial charge on any atom is -0.352 e. The van der Waals surface area contributed by atoms with Crippen LogP contribution in [-0.4, -0.2) is 28.2 Å². The molecule has 0 aliphatic rings. The lowest BCUT2D eigenvalue weighted by Gasteiger charge is -2.07. The van der Waals surface area contributed by atoms with Crippen molar-refractivity contribution >= 4 is 33.2 Å². The second kappa shape index (κ2) is 8.19. The van der Waals surface area contributed by atoms with Gasteiger partial charge in [-0.15, -0.1) is 11.3 Å². The quantitative estimate of drug-likeness (QED) is 0.684. The normalized spacial score (nSPS) is 10.8. The zero-order chi connectivity index (χ0) is 18.5. The smallest absolute Gasteiger partial charge is 0.252 e. The summed E-state index contributed by atoms with van der Waals surface area (Å²) in [5.74, 6) is 0.0527. The number of benzene rings is 1. The Bertz CT molecular complexity index is 935. The van der Waals surface area contributed by atoms with E-state index in [0.29, 0.717) is 24.9 Å². The van der Waals surface area contributed by atoms with Crippen LogP contribution < -0.4 is 5.32 Å². The van der Waals surface area contributed by atoms with Gasteiger partial charge in [0, 0.05) is 30.9 Å². The van der Waals surface area contributed by atoms with Crippen molar-refractivity contribution in [2.75, 3.05) is 6.54 Å². The number of hydrogen-bond acceptors (Lipinski definition) is 5. The molecular weight excluding hydrogens is 346 g/mol. The number of aromatic nitrogens is 2. The molecular formula is C20H21N3O2S. The molecule has 3 rings (SSSR count). The predicted octanol–water partition coefficient (Wildman–Crippen LogP) is 4.02. The molecule has 134 valence electrons. The van der Waals surface area contributed by atoms with E-state index >= 15 is 0 Å². The van der Waals surface area contributed by atoms with Crippen LogP contribution in [-0.2, 0) is 11.2 Å². The van der Waals surface area contributed by atoms with E-state index < -0.39 is 0 Å². The van der Waals surface area contributed by atoms with Gasteiger partial charge >= 0.3 is 0 Å². The van der Waals surface area contributed by atoms with E-state index in [0.717, 1.165) is 32.8 Å². The van der Waals surface area contributed by atoms with Crippen LogP contribution in [0.1, 0.15) is 42.1 Å². The van der Waals surface area contributed by atoms with Crippen LogP contribution in [0.25, 0.3) is 21.3 Å². The first-order chi connectivity index (χ1) is 12.6. The summed E-state index contributed by atoms with van der Waals surface area (Å²) in [4.78, 5) is 33.3. The van der Waals surface area contributed by atoms with Gasteiger partial charge in [0.15, 0.2) is 0 Å². The molecule has 2 aromatic heterocycles. The number of thiazole rings is 1. The van der Waals surface area contributed by atoms with E-state index in [2.05, 4.69) is 15.3 Å². The highest BCUT2D eigenvalue weighted by atomic mass is 32.1. The largest absolute Gasteiger partial charge is 0.352 e. The van der Waals surface area contributed by atoms with Crippen LogP contribution in [0.2, 0.25) is 0 Å². The van der Waals surface area contributed by atoms with E-state index in [1.807, 2.05) is 38.1 Å². The van der Waals surface area contributed by atoms with Gasteiger partial charge in [0.1, 0.15) is 10.8 Å². The molecule has 0 unspecified atom stereocenters. The molecule has 0 fully saturated rings. The molecule has 0 aliphatic heterocycles. The van der Waals surface area contributed by atoms with Crippen LogP contribution >= 0.6 is 11.3 Å². The summed E-state index contributed by atoms with van der Waals surface area (Å²) in [7, 11) is 0. The summed E-state index contributed by atoms with van der Waals surface area (Å²) in [5, 5.41) is 3.62. The highest BCUT2D eigenvalue weighted by molar-refractivity contribution is 7.19. The minimum absolute atomic E-state index is 0.127. The maximum atomic E-state index is 12.6. The third-order valence-electron chi connectivity index (χ3n) is 3.99. The zero-order valence-corrected chi connectivity index (χ0v) is 15.7. The van der Waals surface area contributed by atoms with Gasteiger partial charge in [-0.05, 0) is 37.1 Å². The predicted molar refractivity (Wildman–Crippen MR) is 104 cm³/mol. The highest BCUT2D eigenvalue weighted by Crippen LogP contribution is 2.31. The summed E-state index contributed by atoms with van der Waals surface area (Å²) in [6.07, 6.45) is 5.19.